The first-order chi connectivity index (χ1) is 6.89. The van der Waals surface area contributed by atoms with Gasteiger partial charge in [-0.15, -0.1) is 0 Å². The van der Waals surface area contributed by atoms with E-state index < -0.39 is 22.3 Å². The fourth-order valence-corrected chi connectivity index (χ4v) is 1.38. The normalized spacial score (nSPS) is 19.7. The maximum Gasteiger partial charge on any atom is 0.449 e. The Morgan fingerprint density at radius 3 is 2.60 bits per heavy atom. The SMILES string of the molecule is CC=C1N=C(OS(=O)(=O)O)N(CC)C1=O. The van der Waals surface area contributed by atoms with E-state index in [1.807, 2.05) is 0 Å². The van der Waals surface area contributed by atoms with Gasteiger partial charge in [0.1, 0.15) is 5.70 Å². The summed E-state index contributed by atoms with van der Waals surface area (Å²) in [5, 5.41) is 0. The molecule has 15 heavy (non-hydrogen) atoms. The maximum atomic E-state index is 11.5. The van der Waals surface area contributed by atoms with Crippen molar-refractivity contribution in [1.29, 1.82) is 0 Å². The van der Waals surface area contributed by atoms with Crippen LogP contribution < -0.4 is 0 Å². The Labute approximate surface area is 87.0 Å². The van der Waals surface area contributed by atoms with E-state index >= 15 is 0 Å². The average Bonchev–Trinajstić information content (AvgIpc) is 2.39. The van der Waals surface area contributed by atoms with Crippen LogP contribution >= 0.6 is 0 Å². The molecule has 0 saturated carbocycles. The van der Waals surface area contributed by atoms with E-state index in [4.69, 9.17) is 4.55 Å². The Morgan fingerprint density at radius 2 is 2.20 bits per heavy atom. The lowest BCUT2D eigenvalue weighted by Gasteiger charge is -2.13. The van der Waals surface area contributed by atoms with Crippen LogP contribution in [0.2, 0.25) is 0 Å². The van der Waals surface area contributed by atoms with Gasteiger partial charge < -0.3 is 4.18 Å². The van der Waals surface area contributed by atoms with E-state index in [1.54, 1.807) is 13.8 Å². The topological polar surface area (TPSA) is 96.3 Å². The van der Waals surface area contributed by atoms with Gasteiger partial charge in [-0.1, -0.05) is 6.08 Å². The largest absolute Gasteiger partial charge is 0.449 e. The third-order valence-electron chi connectivity index (χ3n) is 1.68. The number of rotatable bonds is 2. The van der Waals surface area contributed by atoms with Crippen LogP contribution in [-0.4, -0.2) is 36.3 Å². The minimum absolute atomic E-state index is 0.0792. The van der Waals surface area contributed by atoms with Crippen molar-refractivity contribution in [2.45, 2.75) is 13.8 Å². The van der Waals surface area contributed by atoms with Gasteiger partial charge in [0.15, 0.2) is 0 Å². The van der Waals surface area contributed by atoms with Crippen LogP contribution in [0.5, 0.6) is 0 Å². The molecule has 0 spiro atoms. The lowest BCUT2D eigenvalue weighted by molar-refractivity contribution is -0.122. The van der Waals surface area contributed by atoms with Crippen LogP contribution in [0.3, 0.4) is 0 Å². The summed E-state index contributed by atoms with van der Waals surface area (Å²) in [6.07, 6.45) is 1.42. The van der Waals surface area contributed by atoms with Gasteiger partial charge in [0.25, 0.3) is 5.91 Å². The summed E-state index contributed by atoms with van der Waals surface area (Å²) in [6.45, 7) is 3.41. The van der Waals surface area contributed by atoms with Crippen molar-refractivity contribution in [3.63, 3.8) is 0 Å². The van der Waals surface area contributed by atoms with Crippen molar-refractivity contribution in [3.8, 4) is 0 Å². The summed E-state index contributed by atoms with van der Waals surface area (Å²) in [7, 11) is -4.66. The van der Waals surface area contributed by atoms with Crippen LogP contribution in [0.1, 0.15) is 13.8 Å². The molecule has 1 rings (SSSR count). The molecule has 0 radical (unpaired) electrons. The third-order valence-corrected chi connectivity index (χ3v) is 2.04. The van der Waals surface area contributed by atoms with Crippen molar-refractivity contribution < 1.29 is 21.9 Å². The number of nitrogens with zero attached hydrogens (tertiary/aromatic N) is 2. The van der Waals surface area contributed by atoms with E-state index in [0.717, 1.165) is 4.90 Å². The first-order valence-corrected chi connectivity index (χ1v) is 5.49. The lowest BCUT2D eigenvalue weighted by Crippen LogP contribution is -2.34. The highest BCUT2D eigenvalue weighted by molar-refractivity contribution is 7.81. The smallest absolute Gasteiger partial charge is 0.324 e. The highest BCUT2D eigenvalue weighted by atomic mass is 32.3. The Bertz CT molecular complexity index is 436. The highest BCUT2D eigenvalue weighted by Crippen LogP contribution is 2.15. The number of carbonyl (C=O) groups excluding carboxylic acids is 1. The van der Waals surface area contributed by atoms with E-state index in [1.165, 1.54) is 6.08 Å². The van der Waals surface area contributed by atoms with Gasteiger partial charge in [0, 0.05) is 6.54 Å². The van der Waals surface area contributed by atoms with Crippen LogP contribution in [0.4, 0.5) is 0 Å². The molecule has 84 valence electrons. The van der Waals surface area contributed by atoms with Crippen LogP contribution in [-0.2, 0) is 19.4 Å². The van der Waals surface area contributed by atoms with Gasteiger partial charge in [-0.05, 0) is 13.8 Å². The zero-order valence-electron chi connectivity index (χ0n) is 8.17. The standard InChI is InChI=1S/C7H10N2O5S/c1-3-5-6(10)9(4-2)7(8-5)14-15(11,12)13/h3H,4H2,1-2H3,(H,11,12,13). The van der Waals surface area contributed by atoms with Gasteiger partial charge in [-0.3, -0.25) is 14.2 Å². The van der Waals surface area contributed by atoms with Crippen molar-refractivity contribution in [1.82, 2.24) is 4.90 Å². The lowest BCUT2D eigenvalue weighted by atomic mass is 10.4. The molecule has 0 saturated heterocycles. The van der Waals surface area contributed by atoms with Gasteiger partial charge in [-0.2, -0.15) is 13.4 Å². The molecular weight excluding hydrogens is 224 g/mol. The second-order valence-corrected chi connectivity index (χ2v) is 3.65. The Kier molecular flexibility index (Phi) is 3.10. The Balaban J connectivity index is 3.02. The highest BCUT2D eigenvalue weighted by Gasteiger charge is 2.32. The monoisotopic (exact) mass is 234 g/mol. The predicted octanol–water partition coefficient (Wildman–Crippen LogP) is -0.0723. The summed E-state index contributed by atoms with van der Waals surface area (Å²) in [6, 6.07) is -0.432. The molecule has 1 heterocycles. The molecular formula is C7H10N2O5S. The van der Waals surface area contributed by atoms with Crippen LogP contribution in [0, 0.1) is 0 Å². The summed E-state index contributed by atoms with van der Waals surface area (Å²) in [5.74, 6) is -0.460. The zero-order valence-corrected chi connectivity index (χ0v) is 8.98. The average molecular weight is 234 g/mol. The molecule has 0 bridgehead atoms. The van der Waals surface area contributed by atoms with Crippen molar-refractivity contribution in [3.05, 3.63) is 11.8 Å². The molecule has 1 amide bonds. The fraction of sp³-hybridized carbons (Fsp3) is 0.429. The molecule has 0 aromatic carbocycles. The first kappa shape index (κ1) is 11.7. The minimum Gasteiger partial charge on any atom is -0.324 e. The van der Waals surface area contributed by atoms with Gasteiger partial charge in [0.2, 0.25) is 0 Å². The molecule has 0 aromatic heterocycles. The molecule has 1 aliphatic heterocycles. The van der Waals surface area contributed by atoms with Gasteiger partial charge in [-0.25, -0.2) is 0 Å². The second-order valence-electron chi connectivity index (χ2n) is 2.63. The Morgan fingerprint density at radius 1 is 1.60 bits per heavy atom. The van der Waals surface area contributed by atoms with Gasteiger partial charge in [0.05, 0.1) is 0 Å². The number of amidine groups is 1. The molecule has 0 fully saturated rings. The first-order valence-electron chi connectivity index (χ1n) is 4.12. The number of aliphatic imine (C=N–C) groups is 1. The molecule has 0 aromatic rings. The van der Waals surface area contributed by atoms with Crippen LogP contribution in [0.15, 0.2) is 16.8 Å². The van der Waals surface area contributed by atoms with E-state index in [-0.39, 0.29) is 12.2 Å². The number of hydrogen-bond donors (Lipinski definition) is 1. The zero-order chi connectivity index (χ0) is 11.6. The fourth-order valence-electron chi connectivity index (χ4n) is 1.06. The quantitative estimate of drug-likeness (QED) is 0.532. The van der Waals surface area contributed by atoms with Crippen molar-refractivity contribution >= 4 is 22.3 Å². The van der Waals surface area contributed by atoms with E-state index in [0.29, 0.717) is 0 Å². The second kappa shape index (κ2) is 3.99. The van der Waals surface area contributed by atoms with E-state index in [9.17, 15) is 13.2 Å². The molecule has 0 atom stereocenters. The van der Waals surface area contributed by atoms with Crippen LogP contribution in [0.25, 0.3) is 0 Å². The molecule has 7 nitrogen and oxygen atoms in total. The van der Waals surface area contributed by atoms with E-state index in [2.05, 4.69) is 9.18 Å². The number of amides is 1. The summed E-state index contributed by atoms with van der Waals surface area (Å²) >= 11 is 0. The Hall–Kier alpha value is -1.41. The minimum atomic E-state index is -4.66. The third kappa shape index (κ3) is 2.54. The van der Waals surface area contributed by atoms with Gasteiger partial charge >= 0.3 is 16.4 Å². The maximum absolute atomic E-state index is 11.5. The number of hydrogen-bond acceptors (Lipinski definition) is 5. The summed E-state index contributed by atoms with van der Waals surface area (Å²) in [4.78, 5) is 16.1. The number of carbonyl (C=O) groups is 1. The molecule has 1 N–H and O–H groups in total. The number of likely N-dealkylation sites (N-methyl/N-ethyl adjacent to an activating group) is 1. The molecule has 1 aliphatic rings. The molecule has 0 aliphatic carbocycles. The van der Waals surface area contributed by atoms with Crippen molar-refractivity contribution in [2.75, 3.05) is 6.54 Å². The summed E-state index contributed by atoms with van der Waals surface area (Å²) < 4.78 is 33.5. The van der Waals surface area contributed by atoms with Crippen molar-refractivity contribution in [2.24, 2.45) is 4.99 Å². The molecule has 0 unspecified atom stereocenters. The summed E-state index contributed by atoms with van der Waals surface area (Å²) in [5.41, 5.74) is 0.0792. The molecule has 8 heteroatoms. The predicted molar refractivity (Wildman–Crippen MR) is 51.2 cm³/mol. The number of allylic oxidation sites excluding steroid dienone is 1.